The Labute approximate surface area is 147 Å². The summed E-state index contributed by atoms with van der Waals surface area (Å²) in [5.41, 5.74) is 3.02. The number of nitro groups is 1. The van der Waals surface area contributed by atoms with E-state index in [-0.39, 0.29) is 5.69 Å². The normalized spacial score (nSPS) is 11.8. The zero-order chi connectivity index (χ0) is 17.6. The molecule has 0 unspecified atom stereocenters. The smallest absolute Gasteiger partial charge is 0.290 e. The molecule has 0 atom stereocenters. The number of hydrogen-bond donors (Lipinski definition) is 0. The number of thiazole rings is 1. The highest BCUT2D eigenvalue weighted by Crippen LogP contribution is 2.25. The van der Waals surface area contributed by atoms with Gasteiger partial charge in [-0.1, -0.05) is 18.2 Å². The highest BCUT2D eigenvalue weighted by molar-refractivity contribution is 7.17. The number of fused-ring (bicyclic) bond motifs is 2. The average molecular weight is 350 g/mol. The lowest BCUT2D eigenvalue weighted by Gasteiger charge is -2.00. The molecular weight excluding hydrogens is 336 g/mol. The molecule has 0 aliphatic rings. The zero-order valence-corrected chi connectivity index (χ0v) is 14.4. The second kappa shape index (κ2) is 5.78. The van der Waals surface area contributed by atoms with Crippen LogP contribution in [0.5, 0.6) is 0 Å². The molecule has 0 radical (unpaired) electrons. The molecule has 0 amide bonds. The van der Waals surface area contributed by atoms with E-state index in [1.165, 1.54) is 10.9 Å². The van der Waals surface area contributed by atoms with Crippen molar-refractivity contribution in [2.24, 2.45) is 0 Å². The Morgan fingerprint density at radius 2 is 2.00 bits per heavy atom. The monoisotopic (exact) mass is 350 g/mol. The highest BCUT2D eigenvalue weighted by atomic mass is 32.1. The van der Waals surface area contributed by atoms with Gasteiger partial charge in [0.15, 0.2) is 4.96 Å². The minimum Gasteiger partial charge on any atom is -0.290 e. The fraction of sp³-hybridized carbons (Fsp3) is 0.111. The molecule has 3 aromatic heterocycles. The van der Waals surface area contributed by atoms with E-state index < -0.39 is 4.92 Å². The van der Waals surface area contributed by atoms with Crippen molar-refractivity contribution in [3.63, 3.8) is 0 Å². The van der Waals surface area contributed by atoms with Gasteiger partial charge in [-0.2, -0.15) is 0 Å². The van der Waals surface area contributed by atoms with Gasteiger partial charge in [0, 0.05) is 22.5 Å². The number of hydrogen-bond acceptors (Lipinski definition) is 5. The highest BCUT2D eigenvalue weighted by Gasteiger charge is 2.13. The molecule has 3 heterocycles. The predicted octanol–water partition coefficient (Wildman–Crippen LogP) is 4.64. The summed E-state index contributed by atoms with van der Waals surface area (Å²) in [5.74, 6) is 0. The van der Waals surface area contributed by atoms with Crippen molar-refractivity contribution < 1.29 is 4.92 Å². The third-order valence-corrected chi connectivity index (χ3v) is 4.89. The van der Waals surface area contributed by atoms with Gasteiger partial charge in [-0.25, -0.2) is 9.97 Å². The molecule has 0 spiro atoms. The number of imidazole rings is 1. The third-order valence-electron chi connectivity index (χ3n) is 3.99. The summed E-state index contributed by atoms with van der Waals surface area (Å²) in [6.07, 6.45) is 5.86. The van der Waals surface area contributed by atoms with E-state index in [2.05, 4.69) is 20.6 Å². The summed E-state index contributed by atoms with van der Waals surface area (Å²) in [6, 6.07) is 8.67. The second-order valence-corrected chi connectivity index (χ2v) is 6.97. The van der Waals surface area contributed by atoms with Gasteiger partial charge in [0.25, 0.3) is 5.69 Å². The fourth-order valence-electron chi connectivity index (χ4n) is 2.83. The van der Waals surface area contributed by atoms with Crippen LogP contribution >= 0.6 is 11.3 Å². The van der Waals surface area contributed by atoms with Gasteiger partial charge in [-0.15, -0.1) is 11.3 Å². The van der Waals surface area contributed by atoms with Crippen LogP contribution in [0.15, 0.2) is 36.5 Å². The van der Waals surface area contributed by atoms with E-state index in [1.54, 1.807) is 17.4 Å². The molecule has 0 saturated heterocycles. The Morgan fingerprint density at radius 1 is 1.16 bits per heavy atom. The lowest BCUT2D eigenvalue weighted by atomic mass is 10.1. The summed E-state index contributed by atoms with van der Waals surface area (Å²) < 4.78 is 2.05. The largest absolute Gasteiger partial charge is 0.295 e. The molecule has 0 saturated carbocycles. The minimum absolute atomic E-state index is 0.0177. The van der Waals surface area contributed by atoms with Crippen molar-refractivity contribution in [1.29, 1.82) is 0 Å². The first-order chi connectivity index (χ1) is 12.0. The molecule has 7 heteroatoms. The van der Waals surface area contributed by atoms with Crippen LogP contribution in [0.3, 0.4) is 0 Å². The molecule has 0 N–H and O–H groups in total. The number of benzene rings is 1. The fourth-order valence-corrected chi connectivity index (χ4v) is 3.71. The summed E-state index contributed by atoms with van der Waals surface area (Å²) >= 11 is 1.64. The molecule has 25 heavy (non-hydrogen) atoms. The Bertz CT molecular complexity index is 1160. The van der Waals surface area contributed by atoms with Crippen LogP contribution in [0, 0.1) is 24.0 Å². The summed E-state index contributed by atoms with van der Waals surface area (Å²) in [5, 5.41) is 12.0. The Balaban J connectivity index is 1.79. The van der Waals surface area contributed by atoms with Crippen molar-refractivity contribution in [3.05, 3.63) is 68.6 Å². The molecule has 124 valence electrons. The molecule has 0 fully saturated rings. The van der Waals surface area contributed by atoms with Gasteiger partial charge < -0.3 is 0 Å². The maximum Gasteiger partial charge on any atom is 0.295 e. The quantitative estimate of drug-likeness (QED) is 0.398. The van der Waals surface area contributed by atoms with E-state index in [0.29, 0.717) is 11.2 Å². The Morgan fingerprint density at radius 3 is 2.80 bits per heavy atom. The number of non-ortho nitro benzene ring substituents is 1. The number of para-hydroxylation sites is 1. The van der Waals surface area contributed by atoms with Gasteiger partial charge in [-0.05, 0) is 32.1 Å². The Kier molecular flexibility index (Phi) is 3.58. The lowest BCUT2D eigenvalue weighted by molar-refractivity contribution is -0.383. The van der Waals surface area contributed by atoms with E-state index >= 15 is 0 Å². The van der Waals surface area contributed by atoms with Gasteiger partial charge in [0.2, 0.25) is 0 Å². The number of nitro benzene ring substituents is 1. The van der Waals surface area contributed by atoms with Crippen molar-refractivity contribution in [2.75, 3.05) is 0 Å². The average Bonchev–Trinajstić information content (AvgIpc) is 3.07. The molecule has 4 rings (SSSR count). The molecule has 0 bridgehead atoms. The molecule has 0 aliphatic carbocycles. The third kappa shape index (κ3) is 2.68. The number of aromatic nitrogens is 3. The lowest BCUT2D eigenvalue weighted by Crippen LogP contribution is -1.92. The summed E-state index contributed by atoms with van der Waals surface area (Å²) in [4.78, 5) is 22.0. The number of aryl methyl sites for hydroxylation is 2. The molecule has 4 aromatic rings. The minimum atomic E-state index is -0.401. The van der Waals surface area contributed by atoms with E-state index in [9.17, 15) is 10.1 Å². The summed E-state index contributed by atoms with van der Waals surface area (Å²) in [6.45, 7) is 4.01. The first-order valence-electron chi connectivity index (χ1n) is 7.70. The standard InChI is InChI=1S/C18H14N4O2S/c1-11-10-21-15(12(2)19-18(21)25-11)9-8-14-7-6-13-4-3-5-16(22(23)24)17(13)20-14/h3-10H,1-2H3/b9-8+. The van der Waals surface area contributed by atoms with Crippen molar-refractivity contribution in [1.82, 2.24) is 14.4 Å². The number of nitrogens with zero attached hydrogens (tertiary/aromatic N) is 4. The predicted molar refractivity (Wildman–Crippen MR) is 99.9 cm³/mol. The zero-order valence-electron chi connectivity index (χ0n) is 13.6. The molecule has 0 aliphatic heterocycles. The van der Waals surface area contributed by atoms with E-state index in [1.807, 2.05) is 44.2 Å². The number of rotatable bonds is 3. The first-order valence-corrected chi connectivity index (χ1v) is 8.52. The van der Waals surface area contributed by atoms with Crippen LogP contribution in [0.2, 0.25) is 0 Å². The van der Waals surface area contributed by atoms with E-state index in [0.717, 1.165) is 21.7 Å². The maximum absolute atomic E-state index is 11.2. The topological polar surface area (TPSA) is 73.3 Å². The van der Waals surface area contributed by atoms with Crippen LogP contribution in [-0.4, -0.2) is 19.3 Å². The van der Waals surface area contributed by atoms with Crippen LogP contribution in [0.4, 0.5) is 5.69 Å². The first kappa shape index (κ1) is 15.5. The molecule has 6 nitrogen and oxygen atoms in total. The molecular formula is C18H14N4O2S. The SMILES string of the molecule is Cc1cn2c(/C=C/c3ccc4cccc([N+](=O)[O-])c4n3)c(C)nc2s1. The van der Waals surface area contributed by atoms with Crippen LogP contribution < -0.4 is 0 Å². The van der Waals surface area contributed by atoms with Crippen LogP contribution in [-0.2, 0) is 0 Å². The van der Waals surface area contributed by atoms with E-state index in [4.69, 9.17) is 0 Å². The van der Waals surface area contributed by atoms with Crippen molar-refractivity contribution in [3.8, 4) is 0 Å². The second-order valence-electron chi connectivity index (χ2n) is 5.75. The van der Waals surface area contributed by atoms with Gasteiger partial charge in [-0.3, -0.25) is 14.5 Å². The van der Waals surface area contributed by atoms with Gasteiger partial charge in [0.1, 0.15) is 5.52 Å². The molecule has 1 aromatic carbocycles. The van der Waals surface area contributed by atoms with Crippen molar-refractivity contribution in [2.45, 2.75) is 13.8 Å². The Hall–Kier alpha value is -3.06. The number of pyridine rings is 1. The van der Waals surface area contributed by atoms with Crippen molar-refractivity contribution >= 4 is 45.0 Å². The van der Waals surface area contributed by atoms with Gasteiger partial charge >= 0.3 is 0 Å². The van der Waals surface area contributed by atoms with Gasteiger partial charge in [0.05, 0.1) is 22.0 Å². The van der Waals surface area contributed by atoms with Crippen LogP contribution in [0.25, 0.3) is 28.0 Å². The van der Waals surface area contributed by atoms with Crippen LogP contribution in [0.1, 0.15) is 22.0 Å². The maximum atomic E-state index is 11.2. The summed E-state index contributed by atoms with van der Waals surface area (Å²) in [7, 11) is 0.